The molecule has 0 atom stereocenters. The van der Waals surface area contributed by atoms with E-state index in [0.29, 0.717) is 13.8 Å². The van der Waals surface area contributed by atoms with Crippen LogP contribution < -0.4 is 15.8 Å². The molecule has 0 radical (unpaired) electrons. The molecule has 0 amide bonds. The summed E-state index contributed by atoms with van der Waals surface area (Å²) in [4.78, 5) is 0. The number of rotatable bonds is 6. The lowest BCUT2D eigenvalue weighted by Gasteiger charge is -2.22. The summed E-state index contributed by atoms with van der Waals surface area (Å²) in [6.07, 6.45) is 3.58. The summed E-state index contributed by atoms with van der Waals surface area (Å²) >= 11 is 0. The number of benzene rings is 1. The Morgan fingerprint density at radius 3 is 2.34 bits per heavy atom. The van der Waals surface area contributed by atoms with Crippen molar-refractivity contribution >= 4 is 18.5 Å². The number of aromatic nitrogens is 1. The van der Waals surface area contributed by atoms with E-state index >= 15 is 4.32 Å². The number of nitrogens with one attached hydrogen (secondary N) is 1. The van der Waals surface area contributed by atoms with E-state index in [4.69, 9.17) is 10.5 Å². The molecule has 0 spiro atoms. The van der Waals surface area contributed by atoms with E-state index in [-0.39, 0.29) is 0 Å². The smallest absolute Gasteiger partial charge is 0.487 e. The molecular weight excluding hydrogens is 445 g/mol. The zero-order valence-corrected chi connectivity index (χ0v) is 22.2. The fourth-order valence-electron chi connectivity index (χ4n) is 4.58. The molecule has 2 aromatic rings. The molecule has 0 saturated heterocycles. The highest BCUT2D eigenvalue weighted by atomic mass is 19.1. The molecule has 0 unspecified atom stereocenters. The predicted molar refractivity (Wildman–Crippen MR) is 143 cm³/mol. The van der Waals surface area contributed by atoms with Gasteiger partial charge < -0.3 is 15.8 Å². The number of ether oxygens (including phenoxy) is 1. The number of likely N-dealkylation sites (N-methyl/N-ethyl adjacent to an activating group) is 1. The third kappa shape index (κ3) is 5.36. The van der Waals surface area contributed by atoms with E-state index in [1.807, 2.05) is 72.7 Å². The second-order valence-electron chi connectivity index (χ2n) is 8.10. The molecule has 5 nitrogen and oxygen atoms in total. The second kappa shape index (κ2) is 12.4. The molecule has 188 valence electrons. The molecular formula is C27H38BF2N4O+. The highest BCUT2D eigenvalue weighted by Gasteiger charge is 2.51. The Bertz CT molecular complexity index is 1160. The number of nitrogens with two attached hydrogens (primary N) is 1. The van der Waals surface area contributed by atoms with Crippen LogP contribution >= 0.6 is 0 Å². The van der Waals surface area contributed by atoms with Gasteiger partial charge in [0.05, 0.1) is 24.1 Å². The van der Waals surface area contributed by atoms with Crippen molar-refractivity contribution in [2.75, 3.05) is 20.3 Å². The van der Waals surface area contributed by atoms with Gasteiger partial charge in [0.25, 0.3) is 0 Å². The predicted octanol–water partition coefficient (Wildman–Crippen LogP) is 5.51. The maximum absolute atomic E-state index is 15.6. The van der Waals surface area contributed by atoms with E-state index in [2.05, 4.69) is 17.5 Å². The minimum Gasteiger partial charge on any atom is -0.487 e. The maximum Gasteiger partial charge on any atom is 0.846 e. The van der Waals surface area contributed by atoms with E-state index in [9.17, 15) is 4.39 Å². The van der Waals surface area contributed by atoms with Gasteiger partial charge in [0.1, 0.15) is 12.4 Å². The van der Waals surface area contributed by atoms with Crippen molar-refractivity contribution in [2.45, 2.75) is 48.5 Å². The molecule has 3 N–H and O–H groups in total. The summed E-state index contributed by atoms with van der Waals surface area (Å²) in [5, 5.41) is 3.17. The molecule has 2 aliphatic rings. The van der Waals surface area contributed by atoms with E-state index in [1.165, 1.54) is 6.20 Å². The van der Waals surface area contributed by atoms with Crippen molar-refractivity contribution < 1.29 is 17.9 Å². The Morgan fingerprint density at radius 1 is 1.14 bits per heavy atom. The largest absolute Gasteiger partial charge is 0.846 e. The lowest BCUT2D eigenvalue weighted by atomic mass is 9.87. The fourth-order valence-corrected chi connectivity index (χ4v) is 4.58. The first-order valence-corrected chi connectivity index (χ1v) is 12.0. The van der Waals surface area contributed by atoms with Gasteiger partial charge in [-0.1, -0.05) is 26.0 Å². The minimum atomic E-state index is -1.24. The Labute approximate surface area is 208 Å². The molecule has 3 heterocycles. The van der Waals surface area contributed by atoms with Crippen LogP contribution in [0.4, 0.5) is 8.71 Å². The number of nitrogens with zero attached hydrogens (tertiary/aromatic N) is 2. The summed E-state index contributed by atoms with van der Waals surface area (Å²) < 4.78 is 34.6. The fraction of sp³-hybridized carbons (Fsp3) is 0.370. The van der Waals surface area contributed by atoms with Crippen LogP contribution in [0.25, 0.3) is 5.57 Å². The van der Waals surface area contributed by atoms with Crippen LogP contribution in [0.2, 0.25) is 0 Å². The first-order valence-electron chi connectivity index (χ1n) is 12.0. The summed E-state index contributed by atoms with van der Waals surface area (Å²) in [6.45, 7) is 15.2. The van der Waals surface area contributed by atoms with Crippen molar-refractivity contribution in [2.24, 2.45) is 5.73 Å². The number of alkyl halides is 1. The summed E-state index contributed by atoms with van der Waals surface area (Å²) in [5.74, 6) is 0.757. The first-order chi connectivity index (χ1) is 16.9. The molecule has 0 bridgehead atoms. The van der Waals surface area contributed by atoms with Crippen LogP contribution in [-0.2, 0) is 0 Å². The molecule has 4 rings (SSSR count). The normalized spacial score (nSPS) is 14.4. The molecule has 0 saturated carbocycles. The summed E-state index contributed by atoms with van der Waals surface area (Å²) in [5.41, 5.74) is 14.4. The molecule has 2 aliphatic heterocycles. The van der Waals surface area contributed by atoms with Crippen molar-refractivity contribution in [3.63, 3.8) is 0 Å². The topological polar surface area (TPSA) is 55.2 Å². The third-order valence-electron chi connectivity index (χ3n) is 5.88. The minimum absolute atomic E-state index is 0.381. The quantitative estimate of drug-likeness (QED) is 0.533. The molecule has 1 aromatic heterocycles. The first kappa shape index (κ1) is 28.0. The van der Waals surface area contributed by atoms with E-state index in [0.717, 1.165) is 63.1 Å². The van der Waals surface area contributed by atoms with E-state index < -0.39 is 7.26 Å². The van der Waals surface area contributed by atoms with Gasteiger partial charge in [-0.05, 0) is 57.0 Å². The molecule has 0 aliphatic carbocycles. The van der Waals surface area contributed by atoms with Crippen LogP contribution in [0.1, 0.15) is 57.1 Å². The number of aryl methyl sites for hydroxylation is 2. The van der Waals surface area contributed by atoms with Crippen molar-refractivity contribution in [3.8, 4) is 5.75 Å². The molecule has 35 heavy (non-hydrogen) atoms. The van der Waals surface area contributed by atoms with Crippen LogP contribution in [0.3, 0.4) is 0 Å². The van der Waals surface area contributed by atoms with E-state index in [1.54, 1.807) is 8.96 Å². The Hall–Kier alpha value is -3.29. The average Bonchev–Trinajstić information content (AvgIpc) is 3.34. The van der Waals surface area contributed by atoms with Crippen LogP contribution in [-0.4, -0.2) is 42.3 Å². The average molecular weight is 483 g/mol. The highest BCUT2D eigenvalue weighted by Crippen LogP contribution is 2.40. The zero-order valence-electron chi connectivity index (χ0n) is 22.2. The van der Waals surface area contributed by atoms with Crippen molar-refractivity contribution in [3.05, 3.63) is 82.1 Å². The standard InChI is InChI=1S/C24H29BFN4O.C2H6.CH3F/c1-6-28-20(13-27)14-31-21-9-7-19(8-10-21)22-23-15(2)11-17(4)29(23)25(26)30-18(5)12-16(3)24(22)30;2*1-2/h7-13,28H,6,14,27H2,1-5H3;1-2H3;1H3/q+1;;/b20-13-;;. The summed E-state index contributed by atoms with van der Waals surface area (Å²) in [7, 11) is -0.744. The lowest BCUT2D eigenvalue weighted by molar-refractivity contribution is -0.336. The van der Waals surface area contributed by atoms with Gasteiger partial charge in [-0.15, -0.1) is 0 Å². The van der Waals surface area contributed by atoms with Gasteiger partial charge in [-0.3, -0.25) is 8.87 Å². The molecule has 1 aromatic carbocycles. The number of hydrogen-bond acceptors (Lipinski definition) is 3. The third-order valence-corrected chi connectivity index (χ3v) is 5.88. The highest BCUT2D eigenvalue weighted by molar-refractivity contribution is 6.43. The maximum atomic E-state index is 15.6. The van der Waals surface area contributed by atoms with Gasteiger partial charge in [-0.2, -0.15) is 0 Å². The van der Waals surface area contributed by atoms with Crippen LogP contribution in [0.5, 0.6) is 5.75 Å². The number of halogens is 2. The van der Waals surface area contributed by atoms with Crippen molar-refractivity contribution in [1.29, 1.82) is 0 Å². The number of fused-ring (bicyclic) bond motifs is 2. The molecule has 0 fully saturated rings. The summed E-state index contributed by atoms with van der Waals surface area (Å²) in [6, 6.07) is 10.0. The Balaban J connectivity index is 0.00000103. The SMILES string of the molecule is CC.CCN/C(=C\N)COc1ccc(C2=C3C(C)=CC(C)=[N+]3B(F)n3c(C)cc(C)c32)cc1.CF. The van der Waals surface area contributed by atoms with Crippen LogP contribution in [0.15, 0.2) is 59.6 Å². The lowest BCUT2D eigenvalue weighted by Crippen LogP contribution is -2.40. The Morgan fingerprint density at radius 2 is 1.77 bits per heavy atom. The zero-order chi connectivity index (χ0) is 26.3. The van der Waals surface area contributed by atoms with Gasteiger partial charge in [0, 0.05) is 37.0 Å². The van der Waals surface area contributed by atoms with Crippen molar-refractivity contribution in [1.82, 2.24) is 9.79 Å². The monoisotopic (exact) mass is 483 g/mol. The number of hydrogen-bond donors (Lipinski definition) is 2. The van der Waals surface area contributed by atoms with Gasteiger partial charge in [-0.25, -0.2) is 8.80 Å². The second-order valence-corrected chi connectivity index (χ2v) is 8.10. The van der Waals surface area contributed by atoms with Crippen LogP contribution in [0, 0.1) is 13.8 Å². The Kier molecular flexibility index (Phi) is 9.93. The molecule has 8 heteroatoms. The van der Waals surface area contributed by atoms with Gasteiger partial charge >= 0.3 is 7.26 Å². The van der Waals surface area contributed by atoms with Gasteiger partial charge in [0.2, 0.25) is 0 Å². The van der Waals surface area contributed by atoms with Gasteiger partial charge in [0.15, 0.2) is 11.4 Å². The number of allylic oxidation sites excluding steroid dienone is 2.